The summed E-state index contributed by atoms with van der Waals surface area (Å²) in [5, 5.41) is 22.5. The van der Waals surface area contributed by atoms with Crippen LogP contribution in [0.15, 0.2) is 30.3 Å². The molecule has 1 rings (SSSR count). The van der Waals surface area contributed by atoms with Crippen LogP contribution in [0.4, 0.5) is 5.69 Å². The molecule has 1 amide bonds. The van der Waals surface area contributed by atoms with Crippen molar-refractivity contribution in [1.29, 1.82) is 0 Å². The largest absolute Gasteiger partial charge is 0.396 e. The van der Waals surface area contributed by atoms with Gasteiger partial charge < -0.3 is 10.4 Å². The number of nitro benzene ring substituents is 1. The van der Waals surface area contributed by atoms with Crippen molar-refractivity contribution >= 4 is 17.7 Å². The van der Waals surface area contributed by atoms with Crippen molar-refractivity contribution in [2.45, 2.75) is 20.3 Å². The maximum Gasteiger partial charge on any atom is 0.276 e. The van der Waals surface area contributed by atoms with Gasteiger partial charge in [-0.3, -0.25) is 14.9 Å². The summed E-state index contributed by atoms with van der Waals surface area (Å²) in [6.45, 7) is 4.37. The zero-order valence-electron chi connectivity index (χ0n) is 12.2. The lowest BCUT2D eigenvalue weighted by atomic mass is 9.90. The molecule has 0 aliphatic rings. The lowest BCUT2D eigenvalue weighted by Crippen LogP contribution is -2.33. The van der Waals surface area contributed by atoms with Gasteiger partial charge in [0.1, 0.15) is 0 Å². The van der Waals surface area contributed by atoms with Gasteiger partial charge in [0.05, 0.1) is 10.5 Å². The molecule has 0 spiro atoms. The molecule has 1 aromatic rings. The first-order valence-electron chi connectivity index (χ1n) is 6.66. The molecule has 0 heterocycles. The molecule has 114 valence electrons. The van der Waals surface area contributed by atoms with Gasteiger partial charge in [-0.1, -0.05) is 26.0 Å². The molecule has 0 radical (unpaired) electrons. The number of hydrogen-bond acceptors (Lipinski definition) is 4. The van der Waals surface area contributed by atoms with Crippen molar-refractivity contribution in [3.63, 3.8) is 0 Å². The molecule has 0 aliphatic heterocycles. The van der Waals surface area contributed by atoms with Gasteiger partial charge in [0.15, 0.2) is 0 Å². The van der Waals surface area contributed by atoms with Crippen LogP contribution in [0.25, 0.3) is 6.08 Å². The number of carbonyl (C=O) groups is 1. The number of aliphatic hydroxyl groups is 1. The van der Waals surface area contributed by atoms with E-state index in [1.165, 1.54) is 18.2 Å². The molecular weight excluding hydrogens is 272 g/mol. The lowest BCUT2D eigenvalue weighted by molar-refractivity contribution is -0.385. The summed E-state index contributed by atoms with van der Waals surface area (Å²) in [6, 6.07) is 6.22. The number of nitrogens with one attached hydrogen (secondary N) is 1. The molecule has 6 heteroatoms. The average molecular weight is 292 g/mol. The second-order valence-electron chi connectivity index (χ2n) is 5.50. The van der Waals surface area contributed by atoms with Crippen LogP contribution in [0.2, 0.25) is 0 Å². The molecular formula is C15H20N2O4. The van der Waals surface area contributed by atoms with E-state index in [4.69, 9.17) is 5.11 Å². The van der Waals surface area contributed by atoms with Gasteiger partial charge in [0.25, 0.3) is 5.69 Å². The zero-order chi connectivity index (χ0) is 15.9. The highest BCUT2D eigenvalue weighted by atomic mass is 16.6. The summed E-state index contributed by atoms with van der Waals surface area (Å²) in [6.07, 6.45) is 3.28. The van der Waals surface area contributed by atoms with Crippen LogP contribution >= 0.6 is 0 Å². The number of para-hydroxylation sites is 1. The Bertz CT molecular complexity index is 538. The van der Waals surface area contributed by atoms with Crippen LogP contribution in [0.5, 0.6) is 0 Å². The van der Waals surface area contributed by atoms with Gasteiger partial charge in [-0.2, -0.15) is 0 Å². The summed E-state index contributed by atoms with van der Waals surface area (Å²) in [5.41, 5.74) is 0.145. The first-order valence-corrected chi connectivity index (χ1v) is 6.66. The van der Waals surface area contributed by atoms with E-state index in [1.54, 1.807) is 18.2 Å². The van der Waals surface area contributed by atoms with Crippen molar-refractivity contribution < 1.29 is 14.8 Å². The number of carbonyl (C=O) groups excluding carboxylic acids is 1. The number of nitrogens with zero attached hydrogens (tertiary/aromatic N) is 1. The van der Waals surface area contributed by atoms with E-state index in [0.717, 1.165) is 0 Å². The van der Waals surface area contributed by atoms with Gasteiger partial charge in [-0.05, 0) is 24.0 Å². The Labute approximate surface area is 123 Å². The van der Waals surface area contributed by atoms with E-state index in [0.29, 0.717) is 18.5 Å². The molecule has 2 N–H and O–H groups in total. The first kappa shape index (κ1) is 16.8. The van der Waals surface area contributed by atoms with Gasteiger partial charge >= 0.3 is 0 Å². The highest BCUT2D eigenvalue weighted by Crippen LogP contribution is 2.19. The predicted molar refractivity (Wildman–Crippen MR) is 80.6 cm³/mol. The normalized spacial score (nSPS) is 11.6. The second kappa shape index (κ2) is 7.54. The smallest absolute Gasteiger partial charge is 0.276 e. The molecule has 6 nitrogen and oxygen atoms in total. The molecule has 0 atom stereocenters. The number of rotatable bonds is 7. The van der Waals surface area contributed by atoms with Gasteiger partial charge in [0.2, 0.25) is 5.91 Å². The van der Waals surface area contributed by atoms with Crippen LogP contribution < -0.4 is 5.32 Å². The third-order valence-corrected chi connectivity index (χ3v) is 3.08. The molecule has 21 heavy (non-hydrogen) atoms. The number of amides is 1. The summed E-state index contributed by atoms with van der Waals surface area (Å²) < 4.78 is 0. The fraction of sp³-hybridized carbons (Fsp3) is 0.400. The summed E-state index contributed by atoms with van der Waals surface area (Å²) in [5.74, 6) is -0.320. The molecule has 0 bridgehead atoms. The van der Waals surface area contributed by atoms with E-state index < -0.39 is 4.92 Å². The molecule has 1 aromatic carbocycles. The molecule has 0 saturated heterocycles. The van der Waals surface area contributed by atoms with Gasteiger partial charge in [0, 0.05) is 25.3 Å². The van der Waals surface area contributed by atoms with Gasteiger partial charge in [-0.25, -0.2) is 0 Å². The van der Waals surface area contributed by atoms with Crippen molar-refractivity contribution in [2.24, 2.45) is 5.41 Å². The Kier molecular flexibility index (Phi) is 6.05. The van der Waals surface area contributed by atoms with Crippen LogP contribution in [-0.2, 0) is 4.79 Å². The topological polar surface area (TPSA) is 92.5 Å². The van der Waals surface area contributed by atoms with Crippen LogP contribution in [-0.4, -0.2) is 29.1 Å². The van der Waals surface area contributed by atoms with Crippen LogP contribution in [0, 0.1) is 15.5 Å². The maximum absolute atomic E-state index is 11.7. The molecule has 0 saturated carbocycles. The van der Waals surface area contributed by atoms with Crippen molar-refractivity contribution in [1.82, 2.24) is 5.32 Å². The van der Waals surface area contributed by atoms with E-state index in [2.05, 4.69) is 5.32 Å². The zero-order valence-corrected chi connectivity index (χ0v) is 12.2. The number of benzene rings is 1. The molecule has 0 unspecified atom stereocenters. The average Bonchev–Trinajstić information content (AvgIpc) is 2.43. The predicted octanol–water partition coefficient (Wildman–Crippen LogP) is 2.13. The van der Waals surface area contributed by atoms with E-state index in [-0.39, 0.29) is 23.6 Å². The summed E-state index contributed by atoms with van der Waals surface area (Å²) >= 11 is 0. The maximum atomic E-state index is 11.7. The fourth-order valence-electron chi connectivity index (χ4n) is 1.74. The van der Waals surface area contributed by atoms with Crippen LogP contribution in [0.1, 0.15) is 25.8 Å². The first-order chi connectivity index (χ1) is 9.85. The highest BCUT2D eigenvalue weighted by Gasteiger charge is 2.17. The number of hydrogen-bond donors (Lipinski definition) is 2. The monoisotopic (exact) mass is 292 g/mol. The van der Waals surface area contributed by atoms with Gasteiger partial charge in [-0.15, -0.1) is 0 Å². The SMILES string of the molecule is CC(C)(CCO)CNC(=O)/C=C/c1ccccc1[N+](=O)[O-]. The minimum Gasteiger partial charge on any atom is -0.396 e. The highest BCUT2D eigenvalue weighted by molar-refractivity contribution is 5.92. The van der Waals surface area contributed by atoms with Crippen molar-refractivity contribution in [3.05, 3.63) is 46.0 Å². The summed E-state index contributed by atoms with van der Waals surface area (Å²) in [7, 11) is 0. The third kappa shape index (κ3) is 5.74. The van der Waals surface area contributed by atoms with E-state index in [9.17, 15) is 14.9 Å². The Balaban J connectivity index is 2.65. The fourth-order valence-corrected chi connectivity index (χ4v) is 1.74. The molecule has 0 aromatic heterocycles. The lowest BCUT2D eigenvalue weighted by Gasteiger charge is -2.23. The van der Waals surface area contributed by atoms with E-state index >= 15 is 0 Å². The van der Waals surface area contributed by atoms with Crippen molar-refractivity contribution in [3.8, 4) is 0 Å². The number of nitro groups is 1. The Morgan fingerprint density at radius 3 is 2.71 bits per heavy atom. The van der Waals surface area contributed by atoms with Crippen molar-refractivity contribution in [2.75, 3.05) is 13.2 Å². The minimum atomic E-state index is -0.484. The Morgan fingerprint density at radius 2 is 2.10 bits per heavy atom. The quantitative estimate of drug-likeness (QED) is 0.457. The summed E-state index contributed by atoms with van der Waals surface area (Å²) in [4.78, 5) is 22.1. The standard InChI is InChI=1S/C15H20N2O4/c1-15(2,9-10-18)11-16-14(19)8-7-12-5-3-4-6-13(12)17(20)21/h3-8,18H,9-11H2,1-2H3,(H,16,19)/b8-7+. The third-order valence-electron chi connectivity index (χ3n) is 3.08. The second-order valence-corrected chi connectivity index (χ2v) is 5.50. The number of aliphatic hydroxyl groups excluding tert-OH is 1. The minimum absolute atomic E-state index is 0.0397. The Hall–Kier alpha value is -2.21. The van der Waals surface area contributed by atoms with Crippen LogP contribution in [0.3, 0.4) is 0 Å². The Morgan fingerprint density at radius 1 is 1.43 bits per heavy atom. The molecule has 0 fully saturated rings. The van der Waals surface area contributed by atoms with E-state index in [1.807, 2.05) is 13.8 Å². The molecule has 0 aliphatic carbocycles.